The molecule has 2 aromatic rings. The molecule has 6 heteroatoms. The van der Waals surface area contributed by atoms with Gasteiger partial charge in [0.05, 0.1) is 11.9 Å². The maximum Gasteiger partial charge on any atom is 0.240 e. The minimum Gasteiger partial charge on any atom is -0.366 e. The Kier molecular flexibility index (Phi) is 1.41. The normalized spacial score (nSPS) is 10.8. The highest BCUT2D eigenvalue weighted by Gasteiger charge is 2.05. The van der Waals surface area contributed by atoms with E-state index < -0.39 is 0 Å². The molecule has 0 amide bonds. The number of nitrogen functional groups attached to an aromatic ring is 1. The van der Waals surface area contributed by atoms with Crippen molar-refractivity contribution in [2.24, 2.45) is 0 Å². The van der Waals surface area contributed by atoms with Crippen molar-refractivity contribution in [1.82, 2.24) is 19.6 Å². The van der Waals surface area contributed by atoms with Crippen molar-refractivity contribution < 1.29 is 0 Å². The molecule has 0 radical (unpaired) electrons. The number of fused-ring (bicyclic) bond motifs is 1. The summed E-state index contributed by atoms with van der Waals surface area (Å²) < 4.78 is 1.46. The quantitative estimate of drug-likeness (QED) is 0.652. The van der Waals surface area contributed by atoms with Gasteiger partial charge >= 0.3 is 0 Å². The number of hydrogen-bond acceptors (Lipinski definition) is 4. The Labute approximate surface area is 73.2 Å². The lowest BCUT2D eigenvalue weighted by atomic mass is 10.5. The lowest BCUT2D eigenvalue weighted by Gasteiger charge is -1.96. The van der Waals surface area contributed by atoms with Gasteiger partial charge in [0.15, 0.2) is 10.8 Å². The number of nitrogens with two attached hydrogens (primary N) is 1. The van der Waals surface area contributed by atoms with Gasteiger partial charge in [-0.05, 0) is 6.92 Å². The zero-order chi connectivity index (χ0) is 8.72. The summed E-state index contributed by atoms with van der Waals surface area (Å²) in [5.74, 6) is 0.198. The molecule has 0 aromatic carbocycles. The molecule has 0 atom stereocenters. The molecule has 2 rings (SSSR count). The first kappa shape index (κ1) is 7.30. The van der Waals surface area contributed by atoms with E-state index in [2.05, 4.69) is 15.1 Å². The summed E-state index contributed by atoms with van der Waals surface area (Å²) in [4.78, 5) is 7.91. The average molecular weight is 184 g/mol. The van der Waals surface area contributed by atoms with Crippen LogP contribution >= 0.6 is 11.6 Å². The van der Waals surface area contributed by atoms with E-state index in [0.29, 0.717) is 16.5 Å². The van der Waals surface area contributed by atoms with E-state index in [1.54, 1.807) is 13.1 Å². The summed E-state index contributed by atoms with van der Waals surface area (Å²) >= 11 is 5.88. The topological polar surface area (TPSA) is 69.1 Å². The van der Waals surface area contributed by atoms with E-state index in [9.17, 15) is 0 Å². The van der Waals surface area contributed by atoms with Crippen molar-refractivity contribution in [2.45, 2.75) is 6.92 Å². The zero-order valence-electron chi connectivity index (χ0n) is 6.32. The maximum atomic E-state index is 5.88. The summed E-state index contributed by atoms with van der Waals surface area (Å²) in [6, 6.07) is 0. The van der Waals surface area contributed by atoms with E-state index in [1.807, 2.05) is 0 Å². The van der Waals surface area contributed by atoms with Crippen LogP contribution < -0.4 is 5.73 Å². The van der Waals surface area contributed by atoms with Gasteiger partial charge in [0.1, 0.15) is 0 Å². The molecule has 0 saturated carbocycles. The first-order chi connectivity index (χ1) is 5.68. The van der Waals surface area contributed by atoms with E-state index in [-0.39, 0.29) is 5.95 Å². The van der Waals surface area contributed by atoms with E-state index in [0.717, 1.165) is 0 Å². The Bertz CT molecular complexity index is 435. The Balaban J connectivity index is 2.89. The van der Waals surface area contributed by atoms with Gasteiger partial charge in [0.2, 0.25) is 5.95 Å². The van der Waals surface area contributed by atoms with Gasteiger partial charge in [0, 0.05) is 0 Å². The van der Waals surface area contributed by atoms with Crippen LogP contribution in [0.3, 0.4) is 0 Å². The highest BCUT2D eigenvalue weighted by molar-refractivity contribution is 6.30. The van der Waals surface area contributed by atoms with E-state index >= 15 is 0 Å². The molecule has 0 saturated heterocycles. The second-order valence-corrected chi connectivity index (χ2v) is 2.73. The van der Waals surface area contributed by atoms with Gasteiger partial charge in [-0.25, -0.2) is 0 Å². The SMILES string of the molecule is Cc1ncc2nc(N)nn2c1Cl. The maximum absolute atomic E-state index is 5.88. The lowest BCUT2D eigenvalue weighted by Crippen LogP contribution is -1.95. The molecule has 0 fully saturated rings. The first-order valence-electron chi connectivity index (χ1n) is 3.32. The zero-order valence-corrected chi connectivity index (χ0v) is 7.08. The molecular formula is C6H6ClN5. The molecule has 0 aliphatic rings. The van der Waals surface area contributed by atoms with Crippen molar-refractivity contribution in [3.63, 3.8) is 0 Å². The van der Waals surface area contributed by atoms with Crippen LogP contribution in [0.15, 0.2) is 6.20 Å². The van der Waals surface area contributed by atoms with E-state index in [4.69, 9.17) is 17.3 Å². The van der Waals surface area contributed by atoms with Gasteiger partial charge in [-0.15, -0.1) is 5.10 Å². The van der Waals surface area contributed by atoms with Gasteiger partial charge in [-0.2, -0.15) is 9.50 Å². The summed E-state index contributed by atoms with van der Waals surface area (Å²) in [6.45, 7) is 1.79. The predicted octanol–water partition coefficient (Wildman–Crippen LogP) is 0.668. The van der Waals surface area contributed by atoms with Gasteiger partial charge in [-0.1, -0.05) is 11.6 Å². The van der Waals surface area contributed by atoms with Crippen LogP contribution in [0.4, 0.5) is 5.95 Å². The van der Waals surface area contributed by atoms with Crippen molar-refractivity contribution >= 4 is 23.2 Å². The number of aryl methyl sites for hydroxylation is 1. The number of aromatic nitrogens is 4. The second kappa shape index (κ2) is 2.31. The van der Waals surface area contributed by atoms with Gasteiger partial charge < -0.3 is 5.73 Å². The number of halogens is 1. The Morgan fingerprint density at radius 1 is 1.58 bits per heavy atom. The predicted molar refractivity (Wildman–Crippen MR) is 44.9 cm³/mol. The van der Waals surface area contributed by atoms with Crippen molar-refractivity contribution in [2.75, 3.05) is 5.73 Å². The molecule has 12 heavy (non-hydrogen) atoms. The average Bonchev–Trinajstić information content (AvgIpc) is 2.39. The molecule has 0 unspecified atom stereocenters. The number of hydrogen-bond donors (Lipinski definition) is 1. The minimum absolute atomic E-state index is 0.198. The summed E-state index contributed by atoms with van der Waals surface area (Å²) in [6.07, 6.45) is 1.57. The molecule has 2 aromatic heterocycles. The van der Waals surface area contributed by atoms with Crippen molar-refractivity contribution in [3.8, 4) is 0 Å². The molecule has 0 aliphatic carbocycles. The third-order valence-electron chi connectivity index (χ3n) is 1.51. The fraction of sp³-hybridized carbons (Fsp3) is 0.167. The lowest BCUT2D eigenvalue weighted by molar-refractivity contribution is 0.934. The number of nitrogens with zero attached hydrogens (tertiary/aromatic N) is 4. The highest BCUT2D eigenvalue weighted by Crippen LogP contribution is 2.13. The molecule has 0 spiro atoms. The second-order valence-electron chi connectivity index (χ2n) is 2.37. The molecule has 0 aliphatic heterocycles. The first-order valence-corrected chi connectivity index (χ1v) is 3.69. The third-order valence-corrected chi connectivity index (χ3v) is 1.94. The highest BCUT2D eigenvalue weighted by atomic mass is 35.5. The van der Waals surface area contributed by atoms with Crippen LogP contribution in [0.5, 0.6) is 0 Å². The molecule has 0 bridgehead atoms. The number of anilines is 1. The van der Waals surface area contributed by atoms with Crippen molar-refractivity contribution in [3.05, 3.63) is 17.0 Å². The van der Waals surface area contributed by atoms with Crippen LogP contribution in [0.25, 0.3) is 5.65 Å². The van der Waals surface area contributed by atoms with Gasteiger partial charge in [0.25, 0.3) is 0 Å². The standard InChI is InChI=1S/C6H6ClN5/c1-3-5(7)12-4(2-9-3)10-6(8)11-12/h2H,1H3,(H2,8,11). The third kappa shape index (κ3) is 0.902. The Morgan fingerprint density at radius 3 is 3.08 bits per heavy atom. The minimum atomic E-state index is 0.198. The smallest absolute Gasteiger partial charge is 0.240 e. The summed E-state index contributed by atoms with van der Waals surface area (Å²) in [7, 11) is 0. The van der Waals surface area contributed by atoms with Crippen LogP contribution in [-0.2, 0) is 0 Å². The fourth-order valence-electron chi connectivity index (χ4n) is 0.930. The summed E-state index contributed by atoms with van der Waals surface area (Å²) in [5.41, 5.74) is 6.64. The Morgan fingerprint density at radius 2 is 2.33 bits per heavy atom. The molecular weight excluding hydrogens is 178 g/mol. The molecule has 5 nitrogen and oxygen atoms in total. The monoisotopic (exact) mass is 183 g/mol. The molecule has 62 valence electrons. The van der Waals surface area contributed by atoms with Crippen molar-refractivity contribution in [1.29, 1.82) is 0 Å². The van der Waals surface area contributed by atoms with Crippen LogP contribution in [0.1, 0.15) is 5.69 Å². The van der Waals surface area contributed by atoms with Crippen LogP contribution in [-0.4, -0.2) is 19.6 Å². The van der Waals surface area contributed by atoms with E-state index in [1.165, 1.54) is 4.52 Å². The van der Waals surface area contributed by atoms with Crippen LogP contribution in [0.2, 0.25) is 5.15 Å². The largest absolute Gasteiger partial charge is 0.366 e. The number of rotatable bonds is 0. The fourth-order valence-corrected chi connectivity index (χ4v) is 1.10. The Hall–Kier alpha value is -1.36. The molecule has 2 N–H and O–H groups in total. The van der Waals surface area contributed by atoms with Crippen LogP contribution in [0, 0.1) is 6.92 Å². The summed E-state index contributed by atoms with van der Waals surface area (Å²) in [5, 5.41) is 4.33. The van der Waals surface area contributed by atoms with Gasteiger partial charge in [-0.3, -0.25) is 4.98 Å². The molecule has 2 heterocycles.